The second-order valence-corrected chi connectivity index (χ2v) is 9.11. The summed E-state index contributed by atoms with van der Waals surface area (Å²) in [6.45, 7) is 1.27. The fourth-order valence-corrected chi connectivity index (χ4v) is 4.29. The molecule has 0 radical (unpaired) electrons. The fraction of sp³-hybridized carbons (Fsp3) is 0.364. The summed E-state index contributed by atoms with van der Waals surface area (Å²) in [5.74, 6) is 0.711. The van der Waals surface area contributed by atoms with E-state index in [4.69, 9.17) is 10.6 Å². The van der Waals surface area contributed by atoms with Crippen molar-refractivity contribution in [1.82, 2.24) is 14.9 Å². The largest absolute Gasteiger partial charge is 0.411 e. The average molecular weight is 505 g/mol. The molecular formula is C22H28N6O4S2. The highest BCUT2D eigenvalue weighted by Crippen LogP contribution is 2.13. The Bertz CT molecular complexity index is 1070. The summed E-state index contributed by atoms with van der Waals surface area (Å²) in [6.07, 6.45) is 4.61. The van der Waals surface area contributed by atoms with Crippen LogP contribution in [0.15, 0.2) is 52.7 Å². The van der Waals surface area contributed by atoms with E-state index in [9.17, 15) is 14.4 Å². The van der Waals surface area contributed by atoms with Gasteiger partial charge in [0.25, 0.3) is 5.56 Å². The van der Waals surface area contributed by atoms with Crippen molar-refractivity contribution >= 4 is 52.5 Å². The first-order valence-corrected chi connectivity index (χ1v) is 12.9. The van der Waals surface area contributed by atoms with Gasteiger partial charge < -0.3 is 21.3 Å². The molecule has 0 spiro atoms. The number of hydrogen-bond donors (Lipinski definition) is 4. The minimum absolute atomic E-state index is 0.0128. The van der Waals surface area contributed by atoms with E-state index < -0.39 is 17.5 Å². The van der Waals surface area contributed by atoms with Gasteiger partial charge in [0.1, 0.15) is 6.04 Å². The number of ketones is 1. The summed E-state index contributed by atoms with van der Waals surface area (Å²) < 4.78 is 1.26. The molecule has 1 aromatic heterocycles. The Labute approximate surface area is 206 Å². The van der Waals surface area contributed by atoms with Crippen molar-refractivity contribution < 1.29 is 14.8 Å². The quantitative estimate of drug-likeness (QED) is 0.173. The zero-order chi connectivity index (χ0) is 24.9. The van der Waals surface area contributed by atoms with E-state index in [1.54, 1.807) is 0 Å². The van der Waals surface area contributed by atoms with E-state index in [0.29, 0.717) is 11.5 Å². The smallest absolute Gasteiger partial charge is 0.294 e. The number of nitrogens with one attached hydrogen (secondary N) is 3. The van der Waals surface area contributed by atoms with Gasteiger partial charge in [0.2, 0.25) is 5.91 Å². The Hall–Kier alpha value is -3.12. The average Bonchev–Trinajstić information content (AvgIpc) is 2.85. The molecule has 0 aliphatic rings. The molecule has 1 amide bonds. The molecule has 1 unspecified atom stereocenters. The highest BCUT2D eigenvalue weighted by molar-refractivity contribution is 7.99. The maximum atomic E-state index is 12.9. The lowest BCUT2D eigenvalue weighted by Gasteiger charge is -2.19. The molecule has 0 fully saturated rings. The van der Waals surface area contributed by atoms with Crippen LogP contribution >= 0.6 is 23.5 Å². The number of anilines is 1. The van der Waals surface area contributed by atoms with Crippen molar-refractivity contribution in [3.8, 4) is 0 Å². The molecular weight excluding hydrogens is 476 g/mol. The van der Waals surface area contributed by atoms with Gasteiger partial charge in [-0.2, -0.15) is 11.8 Å². The van der Waals surface area contributed by atoms with Crippen LogP contribution < -0.4 is 16.2 Å². The molecule has 0 bridgehead atoms. The summed E-state index contributed by atoms with van der Waals surface area (Å²) in [4.78, 5) is 41.9. The molecule has 0 aliphatic carbocycles. The molecule has 0 saturated heterocycles. The number of nitrogens with zero attached hydrogens (tertiary/aromatic N) is 3. The SMILES string of the molecule is CSCC(C(=O)NCC(=O)CSCc1ccccc1)n1ccnc(NCC(=N)/C(C)=N\O)c1=O. The molecule has 10 nitrogen and oxygen atoms in total. The molecule has 1 heterocycles. The predicted molar refractivity (Wildman–Crippen MR) is 138 cm³/mol. The van der Waals surface area contributed by atoms with Crippen LogP contribution in [-0.4, -0.2) is 68.7 Å². The van der Waals surface area contributed by atoms with Crippen LogP contribution in [0.4, 0.5) is 5.82 Å². The van der Waals surface area contributed by atoms with Gasteiger partial charge in [-0.15, -0.1) is 11.8 Å². The van der Waals surface area contributed by atoms with Crippen LogP contribution in [0.1, 0.15) is 18.5 Å². The van der Waals surface area contributed by atoms with Crippen LogP contribution in [0.2, 0.25) is 0 Å². The Balaban J connectivity index is 1.97. The molecule has 1 atom stereocenters. The van der Waals surface area contributed by atoms with E-state index in [0.717, 1.165) is 5.56 Å². The maximum absolute atomic E-state index is 12.9. The van der Waals surface area contributed by atoms with E-state index >= 15 is 0 Å². The number of aromatic nitrogens is 2. The molecule has 12 heteroatoms. The monoisotopic (exact) mass is 504 g/mol. The lowest BCUT2D eigenvalue weighted by molar-refractivity contribution is -0.126. The molecule has 182 valence electrons. The minimum atomic E-state index is -0.837. The van der Waals surface area contributed by atoms with Gasteiger partial charge in [-0.3, -0.25) is 19.0 Å². The Morgan fingerprint density at radius 2 is 2.00 bits per heavy atom. The molecule has 4 N–H and O–H groups in total. The van der Waals surface area contributed by atoms with Gasteiger partial charge in [-0.05, 0) is 18.7 Å². The van der Waals surface area contributed by atoms with E-state index in [1.165, 1.54) is 47.4 Å². The fourth-order valence-electron chi connectivity index (χ4n) is 2.80. The van der Waals surface area contributed by atoms with Gasteiger partial charge >= 0.3 is 0 Å². The van der Waals surface area contributed by atoms with Gasteiger partial charge in [-0.1, -0.05) is 35.5 Å². The number of hydrogen-bond acceptors (Lipinski definition) is 10. The minimum Gasteiger partial charge on any atom is -0.411 e. The van der Waals surface area contributed by atoms with Crippen LogP contribution in [0.25, 0.3) is 0 Å². The van der Waals surface area contributed by atoms with E-state index in [-0.39, 0.29) is 41.9 Å². The number of benzene rings is 1. The van der Waals surface area contributed by atoms with Crippen molar-refractivity contribution in [3.63, 3.8) is 0 Å². The molecule has 0 saturated carbocycles. The van der Waals surface area contributed by atoms with E-state index in [2.05, 4.69) is 20.8 Å². The predicted octanol–water partition coefficient (Wildman–Crippen LogP) is 2.05. The van der Waals surface area contributed by atoms with Crippen LogP contribution in [0.3, 0.4) is 0 Å². The number of carbonyl (C=O) groups is 2. The first-order chi connectivity index (χ1) is 16.4. The number of thioether (sulfide) groups is 2. The topological polar surface area (TPSA) is 150 Å². The molecule has 1 aromatic carbocycles. The summed E-state index contributed by atoms with van der Waals surface area (Å²) >= 11 is 2.87. The van der Waals surface area contributed by atoms with Crippen LogP contribution in [0, 0.1) is 5.41 Å². The third-order valence-corrected chi connectivity index (χ3v) is 6.40. The van der Waals surface area contributed by atoms with Crippen molar-refractivity contribution in [1.29, 1.82) is 5.41 Å². The second kappa shape index (κ2) is 14.2. The van der Waals surface area contributed by atoms with Crippen LogP contribution in [-0.2, 0) is 15.3 Å². The van der Waals surface area contributed by atoms with Gasteiger partial charge in [0.15, 0.2) is 11.6 Å². The van der Waals surface area contributed by atoms with E-state index in [1.807, 2.05) is 36.6 Å². The molecule has 0 aliphatic heterocycles. The lowest BCUT2D eigenvalue weighted by atomic mass is 10.2. The highest BCUT2D eigenvalue weighted by atomic mass is 32.2. The van der Waals surface area contributed by atoms with Crippen molar-refractivity contribution in [2.45, 2.75) is 18.7 Å². The summed E-state index contributed by atoms with van der Waals surface area (Å²) in [7, 11) is 0. The highest BCUT2D eigenvalue weighted by Gasteiger charge is 2.23. The lowest BCUT2D eigenvalue weighted by Crippen LogP contribution is -2.41. The third kappa shape index (κ3) is 8.34. The summed E-state index contributed by atoms with van der Waals surface area (Å²) in [6, 6.07) is 8.97. The number of rotatable bonds is 14. The first kappa shape index (κ1) is 27.1. The number of carbonyl (C=O) groups excluding carboxylic acids is 2. The van der Waals surface area contributed by atoms with Crippen LogP contribution in [0.5, 0.6) is 0 Å². The standard InChI is InChI=1S/C22H28N6O4S2/c1-15(27-32)18(23)11-25-20-22(31)28(9-8-24-20)19(14-33-2)21(30)26-10-17(29)13-34-12-16-6-4-3-5-7-16/h3-9,19,23,32H,10-14H2,1-2H3,(H,24,25)(H,26,30)/b23-18?,27-15-. The zero-order valence-electron chi connectivity index (χ0n) is 19.0. The second-order valence-electron chi connectivity index (χ2n) is 7.21. The third-order valence-electron chi connectivity index (χ3n) is 4.68. The molecule has 34 heavy (non-hydrogen) atoms. The zero-order valence-corrected chi connectivity index (χ0v) is 20.6. The Morgan fingerprint density at radius 3 is 2.68 bits per heavy atom. The number of oxime groups is 1. The van der Waals surface area contributed by atoms with Crippen molar-refractivity contribution in [2.24, 2.45) is 5.16 Å². The number of Topliss-reactive ketones (excluding diaryl/α,β-unsaturated/α-hetero) is 1. The van der Waals surface area contributed by atoms with Gasteiger partial charge in [0.05, 0.1) is 30.3 Å². The van der Waals surface area contributed by atoms with Crippen molar-refractivity contribution in [2.75, 3.05) is 36.2 Å². The van der Waals surface area contributed by atoms with Crippen molar-refractivity contribution in [3.05, 3.63) is 58.6 Å². The normalized spacial score (nSPS) is 12.1. The Morgan fingerprint density at radius 1 is 1.26 bits per heavy atom. The van der Waals surface area contributed by atoms with Gasteiger partial charge in [0, 0.05) is 23.9 Å². The molecule has 2 rings (SSSR count). The number of amides is 1. The summed E-state index contributed by atoms with van der Waals surface area (Å²) in [5.41, 5.74) is 0.684. The molecule has 2 aromatic rings. The maximum Gasteiger partial charge on any atom is 0.294 e. The Kier molecular flexibility index (Phi) is 11.3. The summed E-state index contributed by atoms with van der Waals surface area (Å²) in [5, 5.41) is 24.9. The first-order valence-electron chi connectivity index (χ1n) is 10.3. The van der Waals surface area contributed by atoms with Gasteiger partial charge in [-0.25, -0.2) is 4.98 Å².